The van der Waals surface area contributed by atoms with Crippen LogP contribution >= 0.6 is 11.3 Å². The van der Waals surface area contributed by atoms with Crippen molar-refractivity contribution in [2.45, 2.75) is 38.1 Å². The Morgan fingerprint density at radius 1 is 0.933 bits per heavy atom. The average molecular weight is 419 g/mol. The standard InChI is InChI=1S/C23H26N6S/c1-2-10-27(11-3-1)19-7-12-28(13-8-19)23-26-22-21(30-23)14-18(15-24-22)17-4-5-20-6-9-25-29(20)16-17/h4-6,9,14-16,19H,1-3,7-8,10-13H2. The van der Waals surface area contributed by atoms with Crippen LogP contribution in [-0.2, 0) is 0 Å². The lowest BCUT2D eigenvalue weighted by Crippen LogP contribution is -2.46. The smallest absolute Gasteiger partial charge is 0.188 e. The fourth-order valence-corrected chi connectivity index (χ4v) is 5.91. The molecule has 0 N–H and O–H groups in total. The third-order valence-electron chi connectivity index (χ3n) is 6.61. The van der Waals surface area contributed by atoms with E-state index in [-0.39, 0.29) is 0 Å². The van der Waals surface area contributed by atoms with E-state index in [1.54, 1.807) is 11.3 Å². The molecule has 0 amide bonds. The monoisotopic (exact) mass is 418 g/mol. The first-order chi connectivity index (χ1) is 14.8. The third-order valence-corrected chi connectivity index (χ3v) is 7.66. The summed E-state index contributed by atoms with van der Waals surface area (Å²) in [4.78, 5) is 14.7. The molecule has 2 saturated heterocycles. The van der Waals surface area contributed by atoms with Crippen molar-refractivity contribution in [2.75, 3.05) is 31.1 Å². The van der Waals surface area contributed by atoms with E-state index in [4.69, 9.17) is 4.98 Å². The summed E-state index contributed by atoms with van der Waals surface area (Å²) in [6, 6.07) is 9.21. The van der Waals surface area contributed by atoms with Crippen LogP contribution in [0.4, 0.5) is 5.13 Å². The van der Waals surface area contributed by atoms with Crippen LogP contribution < -0.4 is 4.90 Å². The van der Waals surface area contributed by atoms with Gasteiger partial charge in [-0.15, -0.1) is 0 Å². The molecule has 6 heterocycles. The normalized spacial score (nSPS) is 19.1. The molecule has 6 nitrogen and oxygen atoms in total. The summed E-state index contributed by atoms with van der Waals surface area (Å²) < 4.78 is 3.06. The number of rotatable bonds is 3. The summed E-state index contributed by atoms with van der Waals surface area (Å²) in [7, 11) is 0. The maximum absolute atomic E-state index is 4.85. The van der Waals surface area contributed by atoms with E-state index in [1.165, 1.54) is 45.2 Å². The SMILES string of the molecule is c1cc2ccc(-c3cnc4nc(N5CCC(N6CCCCC6)CC5)sc4c3)cn2n1. The van der Waals surface area contributed by atoms with Gasteiger partial charge in [0, 0.05) is 48.8 Å². The lowest BCUT2D eigenvalue weighted by molar-refractivity contribution is 0.141. The quantitative estimate of drug-likeness (QED) is 0.492. The van der Waals surface area contributed by atoms with Crippen LogP contribution in [-0.4, -0.2) is 56.7 Å². The van der Waals surface area contributed by atoms with Crippen LogP contribution in [0.5, 0.6) is 0 Å². The molecule has 6 rings (SSSR count). The lowest BCUT2D eigenvalue weighted by atomic mass is 10.0. The number of nitrogens with zero attached hydrogens (tertiary/aromatic N) is 6. The zero-order chi connectivity index (χ0) is 19.9. The molecule has 2 fully saturated rings. The highest BCUT2D eigenvalue weighted by Crippen LogP contribution is 2.33. The van der Waals surface area contributed by atoms with Crippen molar-refractivity contribution in [3.8, 4) is 11.1 Å². The summed E-state index contributed by atoms with van der Waals surface area (Å²) in [5.74, 6) is 0. The predicted molar refractivity (Wildman–Crippen MR) is 122 cm³/mol. The number of likely N-dealkylation sites (tertiary alicyclic amines) is 1. The number of piperidine rings is 2. The van der Waals surface area contributed by atoms with Gasteiger partial charge in [0.15, 0.2) is 10.8 Å². The topological polar surface area (TPSA) is 49.6 Å². The Morgan fingerprint density at radius 2 is 1.80 bits per heavy atom. The van der Waals surface area contributed by atoms with Gasteiger partial charge >= 0.3 is 0 Å². The third kappa shape index (κ3) is 3.36. The molecule has 0 aliphatic carbocycles. The Hall–Kier alpha value is -2.51. The van der Waals surface area contributed by atoms with E-state index in [0.717, 1.165) is 51.3 Å². The second-order valence-corrected chi connectivity index (χ2v) is 9.48. The Kier molecular flexibility index (Phi) is 4.65. The summed E-state index contributed by atoms with van der Waals surface area (Å²) in [5.41, 5.74) is 4.19. The predicted octanol–water partition coefficient (Wildman–Crippen LogP) is 4.46. The number of fused-ring (bicyclic) bond motifs is 2. The minimum atomic E-state index is 0.762. The van der Waals surface area contributed by atoms with Crippen molar-refractivity contribution in [3.05, 3.63) is 42.9 Å². The molecule has 0 spiro atoms. The van der Waals surface area contributed by atoms with Crippen molar-refractivity contribution >= 4 is 32.3 Å². The molecular weight excluding hydrogens is 392 g/mol. The molecule has 2 aliphatic heterocycles. The first kappa shape index (κ1) is 18.3. The molecule has 7 heteroatoms. The van der Waals surface area contributed by atoms with Gasteiger partial charge in [-0.1, -0.05) is 23.8 Å². The minimum absolute atomic E-state index is 0.762. The molecule has 0 radical (unpaired) electrons. The Bertz CT molecular complexity index is 1170. The van der Waals surface area contributed by atoms with Crippen LogP contribution in [0.3, 0.4) is 0 Å². The molecule has 30 heavy (non-hydrogen) atoms. The number of hydrogen-bond acceptors (Lipinski definition) is 6. The second kappa shape index (κ2) is 7.63. The molecule has 0 unspecified atom stereocenters. The van der Waals surface area contributed by atoms with Gasteiger partial charge in [0.2, 0.25) is 0 Å². The largest absolute Gasteiger partial charge is 0.348 e. The molecule has 0 aromatic carbocycles. The van der Waals surface area contributed by atoms with Crippen molar-refractivity contribution in [1.82, 2.24) is 24.5 Å². The van der Waals surface area contributed by atoms with Crippen LogP contribution in [0, 0.1) is 0 Å². The van der Waals surface area contributed by atoms with Crippen LogP contribution in [0.15, 0.2) is 42.9 Å². The molecule has 0 atom stereocenters. The van der Waals surface area contributed by atoms with Gasteiger partial charge in [-0.2, -0.15) is 10.1 Å². The van der Waals surface area contributed by atoms with Gasteiger partial charge < -0.3 is 9.80 Å². The summed E-state index contributed by atoms with van der Waals surface area (Å²) in [6.45, 7) is 4.79. The van der Waals surface area contributed by atoms with Crippen LogP contribution in [0.2, 0.25) is 0 Å². The average Bonchev–Trinajstić information content (AvgIpc) is 3.45. The zero-order valence-electron chi connectivity index (χ0n) is 17.1. The van der Waals surface area contributed by atoms with Crippen LogP contribution in [0.25, 0.3) is 27.0 Å². The molecule has 2 aliphatic rings. The van der Waals surface area contributed by atoms with Gasteiger partial charge in [0.25, 0.3) is 0 Å². The molecule has 154 valence electrons. The number of anilines is 1. The van der Waals surface area contributed by atoms with Crippen molar-refractivity contribution < 1.29 is 0 Å². The maximum Gasteiger partial charge on any atom is 0.188 e. The van der Waals surface area contributed by atoms with Gasteiger partial charge in [0.1, 0.15) is 0 Å². The number of aromatic nitrogens is 4. The van der Waals surface area contributed by atoms with Gasteiger partial charge in [-0.3, -0.25) is 0 Å². The molecule has 4 aromatic heterocycles. The second-order valence-electron chi connectivity index (χ2n) is 8.48. The minimum Gasteiger partial charge on any atom is -0.348 e. The zero-order valence-corrected chi connectivity index (χ0v) is 17.9. The van der Waals surface area contributed by atoms with Crippen molar-refractivity contribution in [3.63, 3.8) is 0 Å². The highest BCUT2D eigenvalue weighted by molar-refractivity contribution is 7.22. The fourth-order valence-electron chi connectivity index (χ4n) is 4.89. The maximum atomic E-state index is 4.85. The van der Waals surface area contributed by atoms with Crippen molar-refractivity contribution in [2.24, 2.45) is 0 Å². The first-order valence-corrected chi connectivity index (χ1v) is 11.8. The van der Waals surface area contributed by atoms with Crippen molar-refractivity contribution in [1.29, 1.82) is 0 Å². The van der Waals surface area contributed by atoms with Gasteiger partial charge in [-0.05, 0) is 57.0 Å². The number of pyridine rings is 2. The first-order valence-electron chi connectivity index (χ1n) is 11.0. The fraction of sp³-hybridized carbons (Fsp3) is 0.435. The summed E-state index contributed by atoms with van der Waals surface area (Å²) in [6.07, 6.45) is 12.5. The lowest BCUT2D eigenvalue weighted by Gasteiger charge is -2.40. The summed E-state index contributed by atoms with van der Waals surface area (Å²) in [5, 5.41) is 5.47. The molecular formula is C23H26N6S. The van der Waals surface area contributed by atoms with Crippen LogP contribution in [0.1, 0.15) is 32.1 Å². The Labute approximate surface area is 180 Å². The van der Waals surface area contributed by atoms with E-state index < -0.39 is 0 Å². The highest BCUT2D eigenvalue weighted by atomic mass is 32.1. The van der Waals surface area contributed by atoms with E-state index in [0.29, 0.717) is 0 Å². The molecule has 0 saturated carbocycles. The van der Waals surface area contributed by atoms with Gasteiger partial charge in [-0.25, -0.2) is 9.50 Å². The summed E-state index contributed by atoms with van der Waals surface area (Å²) >= 11 is 1.77. The Balaban J connectivity index is 1.21. The highest BCUT2D eigenvalue weighted by Gasteiger charge is 2.27. The van der Waals surface area contributed by atoms with E-state index in [9.17, 15) is 0 Å². The molecule has 0 bridgehead atoms. The van der Waals surface area contributed by atoms with E-state index >= 15 is 0 Å². The van der Waals surface area contributed by atoms with E-state index in [1.807, 2.05) is 23.0 Å². The van der Waals surface area contributed by atoms with E-state index in [2.05, 4.69) is 44.3 Å². The number of thiazole rings is 1. The Morgan fingerprint density at radius 3 is 2.67 bits per heavy atom. The van der Waals surface area contributed by atoms with Gasteiger partial charge in [0.05, 0.1) is 10.2 Å². The number of hydrogen-bond donors (Lipinski definition) is 0. The molecule has 4 aromatic rings.